The van der Waals surface area contributed by atoms with E-state index in [1.165, 1.54) is 24.3 Å². The molecule has 0 unspecified atom stereocenters. The van der Waals surface area contributed by atoms with E-state index in [4.69, 9.17) is 4.74 Å². The topological polar surface area (TPSA) is 76.4 Å². The van der Waals surface area contributed by atoms with Crippen molar-refractivity contribution in [2.75, 3.05) is 44.2 Å². The Bertz CT molecular complexity index is 967. The van der Waals surface area contributed by atoms with Gasteiger partial charge in [0.1, 0.15) is 29.6 Å². The summed E-state index contributed by atoms with van der Waals surface area (Å²) in [4.78, 5) is 4.02. The molecule has 2 atom stereocenters. The normalized spacial score (nSPS) is 25.8. The van der Waals surface area contributed by atoms with Gasteiger partial charge in [-0.3, -0.25) is 4.90 Å². The number of aliphatic hydroxyl groups is 3. The molecule has 0 aromatic heterocycles. The Balaban J connectivity index is 1.34. The van der Waals surface area contributed by atoms with Gasteiger partial charge in [-0.05, 0) is 68.1 Å². The number of aliphatic hydroxyl groups excluding tert-OH is 1. The molecule has 2 heterocycles. The van der Waals surface area contributed by atoms with Crippen LogP contribution in [0.25, 0.3) is 0 Å². The molecule has 2 aliphatic heterocycles. The van der Waals surface area contributed by atoms with Gasteiger partial charge in [0.05, 0.1) is 11.7 Å². The molecule has 6 nitrogen and oxygen atoms in total. The second-order valence-corrected chi connectivity index (χ2v) is 9.51. The SMILES string of the molecule is Cc1cc(OC[C@@]2(O)CN(CC3(O)CCN(c4cccc(F)c4)CC3)CC[C@@H]2O)ccc1F. The summed E-state index contributed by atoms with van der Waals surface area (Å²) >= 11 is 0. The molecule has 4 rings (SSSR count). The number of nitrogens with zero attached hydrogens (tertiary/aromatic N) is 2. The van der Waals surface area contributed by atoms with Gasteiger partial charge in [0.2, 0.25) is 0 Å². The van der Waals surface area contributed by atoms with E-state index in [0.717, 1.165) is 5.69 Å². The summed E-state index contributed by atoms with van der Waals surface area (Å²) in [6.45, 7) is 3.78. The number of β-amino-alcohol motifs (C(OH)–C–C–N with tert-alkyl or cyclic N) is 2. The van der Waals surface area contributed by atoms with Crippen LogP contribution in [0, 0.1) is 18.6 Å². The maximum absolute atomic E-state index is 13.5. The van der Waals surface area contributed by atoms with E-state index in [2.05, 4.69) is 4.90 Å². The molecule has 2 fully saturated rings. The summed E-state index contributed by atoms with van der Waals surface area (Å²) in [5.41, 5.74) is -1.18. The van der Waals surface area contributed by atoms with Crippen molar-refractivity contribution in [1.82, 2.24) is 4.90 Å². The Labute approximate surface area is 193 Å². The number of halogens is 2. The third-order valence-corrected chi connectivity index (χ3v) is 6.84. The summed E-state index contributed by atoms with van der Waals surface area (Å²) in [5, 5.41) is 32.8. The van der Waals surface area contributed by atoms with Crippen LogP contribution >= 0.6 is 0 Å². The molecule has 2 aliphatic rings. The van der Waals surface area contributed by atoms with Crippen LogP contribution in [0.15, 0.2) is 42.5 Å². The summed E-state index contributed by atoms with van der Waals surface area (Å²) in [6.07, 6.45) is 0.437. The number of ether oxygens (including phenoxy) is 1. The molecule has 2 aromatic rings. The number of hydrogen-bond donors (Lipinski definition) is 3. The zero-order valence-electron chi connectivity index (χ0n) is 18.9. The minimum absolute atomic E-state index is 0.137. The fourth-order valence-electron chi connectivity index (χ4n) is 4.77. The Morgan fingerprint density at radius 1 is 1.06 bits per heavy atom. The number of hydrogen-bond acceptors (Lipinski definition) is 6. The van der Waals surface area contributed by atoms with Crippen LogP contribution in [0.3, 0.4) is 0 Å². The summed E-state index contributed by atoms with van der Waals surface area (Å²) in [6, 6.07) is 10.8. The number of aryl methyl sites for hydroxylation is 1. The highest BCUT2D eigenvalue weighted by atomic mass is 19.1. The van der Waals surface area contributed by atoms with Crippen molar-refractivity contribution in [3.8, 4) is 5.75 Å². The van der Waals surface area contributed by atoms with Gasteiger partial charge in [-0.1, -0.05) is 6.07 Å². The van der Waals surface area contributed by atoms with E-state index in [1.807, 2.05) is 11.0 Å². The largest absolute Gasteiger partial charge is 0.490 e. The van der Waals surface area contributed by atoms with Crippen molar-refractivity contribution >= 4 is 5.69 Å². The van der Waals surface area contributed by atoms with Gasteiger partial charge < -0.3 is 25.0 Å². The first-order valence-electron chi connectivity index (χ1n) is 11.4. The minimum Gasteiger partial charge on any atom is -0.490 e. The van der Waals surface area contributed by atoms with Crippen LogP contribution in [-0.2, 0) is 0 Å². The number of benzene rings is 2. The molecular weight excluding hydrogens is 430 g/mol. The zero-order chi connectivity index (χ0) is 23.6. The predicted octanol–water partition coefficient (Wildman–Crippen LogP) is 2.48. The third kappa shape index (κ3) is 5.63. The average Bonchev–Trinajstić information content (AvgIpc) is 2.78. The molecule has 2 aromatic carbocycles. The molecule has 0 saturated carbocycles. The lowest BCUT2D eigenvalue weighted by Crippen LogP contribution is -2.62. The van der Waals surface area contributed by atoms with Gasteiger partial charge in [0.15, 0.2) is 0 Å². The predicted molar refractivity (Wildman–Crippen MR) is 121 cm³/mol. The molecule has 8 heteroatoms. The summed E-state index contributed by atoms with van der Waals surface area (Å²) in [5.74, 6) is -0.186. The molecule has 0 bridgehead atoms. The van der Waals surface area contributed by atoms with Gasteiger partial charge in [-0.25, -0.2) is 8.78 Å². The van der Waals surface area contributed by atoms with E-state index in [-0.39, 0.29) is 24.8 Å². The van der Waals surface area contributed by atoms with Crippen LogP contribution in [-0.4, -0.2) is 76.9 Å². The van der Waals surface area contributed by atoms with Crippen LogP contribution in [0.5, 0.6) is 5.75 Å². The first-order chi connectivity index (χ1) is 15.7. The number of piperidine rings is 2. The molecule has 0 aliphatic carbocycles. The highest BCUT2D eigenvalue weighted by Crippen LogP contribution is 2.30. The molecular formula is C25H32F2N2O4. The van der Waals surface area contributed by atoms with Gasteiger partial charge in [0, 0.05) is 38.4 Å². The maximum Gasteiger partial charge on any atom is 0.137 e. The average molecular weight is 463 g/mol. The van der Waals surface area contributed by atoms with Crippen molar-refractivity contribution < 1.29 is 28.8 Å². The third-order valence-electron chi connectivity index (χ3n) is 6.84. The standard InChI is InChI=1S/C25H32F2N2O4/c1-18-13-21(5-6-22(18)27)33-17-25(32)16-28(10-7-23(25)30)15-24(31)8-11-29(12-9-24)20-4-2-3-19(26)14-20/h2-6,13-14,23,30-32H,7-12,15-17H2,1H3/t23-,25-/m0/s1. The van der Waals surface area contributed by atoms with Crippen molar-refractivity contribution in [3.05, 3.63) is 59.7 Å². The van der Waals surface area contributed by atoms with Gasteiger partial charge in [0.25, 0.3) is 0 Å². The lowest BCUT2D eigenvalue weighted by Gasteiger charge is -2.46. The van der Waals surface area contributed by atoms with E-state index in [1.54, 1.807) is 19.1 Å². The molecule has 33 heavy (non-hydrogen) atoms. The highest BCUT2D eigenvalue weighted by Gasteiger charge is 2.44. The van der Waals surface area contributed by atoms with Crippen LogP contribution in [0.2, 0.25) is 0 Å². The Morgan fingerprint density at radius 3 is 2.52 bits per heavy atom. The summed E-state index contributed by atoms with van der Waals surface area (Å²) in [7, 11) is 0. The van der Waals surface area contributed by atoms with Crippen LogP contribution in [0.1, 0.15) is 24.8 Å². The van der Waals surface area contributed by atoms with E-state index < -0.39 is 17.3 Å². The highest BCUT2D eigenvalue weighted by molar-refractivity contribution is 5.47. The second kappa shape index (κ2) is 9.54. The first-order valence-corrected chi connectivity index (χ1v) is 11.4. The lowest BCUT2D eigenvalue weighted by molar-refractivity contribution is -0.149. The molecule has 2 saturated heterocycles. The van der Waals surface area contributed by atoms with E-state index in [9.17, 15) is 24.1 Å². The van der Waals surface area contributed by atoms with Crippen molar-refractivity contribution in [2.45, 2.75) is 43.5 Å². The minimum atomic E-state index is -1.50. The lowest BCUT2D eigenvalue weighted by atomic mass is 9.86. The number of rotatable bonds is 6. The van der Waals surface area contributed by atoms with Gasteiger partial charge >= 0.3 is 0 Å². The van der Waals surface area contributed by atoms with Gasteiger partial charge in [-0.15, -0.1) is 0 Å². The molecule has 0 spiro atoms. The smallest absolute Gasteiger partial charge is 0.137 e. The Morgan fingerprint density at radius 2 is 1.82 bits per heavy atom. The Hall–Kier alpha value is -2.26. The van der Waals surface area contributed by atoms with E-state index in [0.29, 0.717) is 56.8 Å². The summed E-state index contributed by atoms with van der Waals surface area (Å²) < 4.78 is 32.7. The molecule has 0 amide bonds. The fraction of sp³-hybridized carbons (Fsp3) is 0.520. The van der Waals surface area contributed by atoms with Crippen molar-refractivity contribution in [1.29, 1.82) is 0 Å². The fourth-order valence-corrected chi connectivity index (χ4v) is 4.77. The van der Waals surface area contributed by atoms with Crippen molar-refractivity contribution in [3.63, 3.8) is 0 Å². The molecule has 3 N–H and O–H groups in total. The van der Waals surface area contributed by atoms with Crippen molar-refractivity contribution in [2.24, 2.45) is 0 Å². The number of likely N-dealkylation sites (tertiary alicyclic amines) is 1. The second-order valence-electron chi connectivity index (χ2n) is 9.51. The molecule has 180 valence electrons. The first kappa shape index (κ1) is 23.9. The zero-order valence-corrected chi connectivity index (χ0v) is 18.9. The van der Waals surface area contributed by atoms with Crippen LogP contribution in [0.4, 0.5) is 14.5 Å². The van der Waals surface area contributed by atoms with E-state index >= 15 is 0 Å². The monoisotopic (exact) mass is 462 g/mol. The molecule has 0 radical (unpaired) electrons. The number of anilines is 1. The van der Waals surface area contributed by atoms with Crippen LogP contribution < -0.4 is 9.64 Å². The van der Waals surface area contributed by atoms with Gasteiger partial charge in [-0.2, -0.15) is 0 Å². The maximum atomic E-state index is 13.5. The quantitative estimate of drug-likeness (QED) is 0.613. The Kier molecular flexibility index (Phi) is 6.91.